The molecule has 0 N–H and O–H groups in total. The monoisotopic (exact) mass is 520 g/mol. The molecule has 0 radical (unpaired) electrons. The van der Waals surface area contributed by atoms with Crippen LogP contribution < -0.4 is 9.80 Å². The van der Waals surface area contributed by atoms with Crippen molar-refractivity contribution >= 4 is 28.4 Å². The van der Waals surface area contributed by atoms with E-state index in [1.807, 2.05) is 73.7 Å². The first kappa shape index (κ1) is 27.9. The maximum absolute atomic E-state index is 3.82. The summed E-state index contributed by atoms with van der Waals surface area (Å²) in [5.74, 6) is 0. The van der Waals surface area contributed by atoms with Crippen molar-refractivity contribution in [3.8, 4) is 0 Å². The lowest BCUT2D eigenvalue weighted by Crippen LogP contribution is -2.14. The van der Waals surface area contributed by atoms with Gasteiger partial charge in [-0.05, 0) is 86.7 Å². The summed E-state index contributed by atoms with van der Waals surface area (Å²) >= 11 is 0. The number of para-hydroxylation sites is 4. The Balaban J connectivity index is 0.000000185. The van der Waals surface area contributed by atoms with Gasteiger partial charge < -0.3 is 9.80 Å². The fourth-order valence-electron chi connectivity index (χ4n) is 4.39. The molecular formula is C38H36N2. The van der Waals surface area contributed by atoms with Crippen LogP contribution in [0.25, 0.3) is 0 Å². The topological polar surface area (TPSA) is 6.48 Å². The molecule has 0 amide bonds. The molecule has 5 rings (SSSR count). The molecule has 5 aromatic rings. The molecule has 0 aromatic heterocycles. The summed E-state index contributed by atoms with van der Waals surface area (Å²) in [4.78, 5) is 4.47. The SMILES string of the molecule is C=C/C=C(\C=C/C)N(c1ccccc1)c1ccccc1.Cc1ccc(N(c2ccccc2)c2ccccc2)cc1. The van der Waals surface area contributed by atoms with Crippen LogP contribution in [0.4, 0.5) is 28.4 Å². The van der Waals surface area contributed by atoms with Crippen LogP contribution in [0.3, 0.4) is 0 Å². The first-order valence-electron chi connectivity index (χ1n) is 13.5. The summed E-state index contributed by atoms with van der Waals surface area (Å²) in [6.07, 6.45) is 7.95. The summed E-state index contributed by atoms with van der Waals surface area (Å²) in [6.45, 7) is 7.94. The van der Waals surface area contributed by atoms with Crippen LogP contribution in [-0.2, 0) is 0 Å². The average Bonchev–Trinajstić information content (AvgIpc) is 3.01. The highest BCUT2D eigenvalue weighted by Crippen LogP contribution is 2.34. The Kier molecular flexibility index (Phi) is 10.3. The second kappa shape index (κ2) is 14.8. The molecule has 0 atom stereocenters. The van der Waals surface area contributed by atoms with Crippen molar-refractivity contribution in [3.05, 3.63) is 188 Å². The van der Waals surface area contributed by atoms with E-state index in [-0.39, 0.29) is 0 Å². The van der Waals surface area contributed by atoms with Gasteiger partial charge in [-0.1, -0.05) is 109 Å². The lowest BCUT2D eigenvalue weighted by atomic mass is 10.1. The van der Waals surface area contributed by atoms with E-state index in [1.54, 1.807) is 0 Å². The number of anilines is 5. The van der Waals surface area contributed by atoms with Gasteiger partial charge in [0.1, 0.15) is 0 Å². The third-order valence-corrected chi connectivity index (χ3v) is 6.23. The van der Waals surface area contributed by atoms with Gasteiger partial charge in [0.15, 0.2) is 0 Å². The first-order valence-corrected chi connectivity index (χ1v) is 13.5. The van der Waals surface area contributed by atoms with Crippen LogP contribution in [0.1, 0.15) is 12.5 Å². The van der Waals surface area contributed by atoms with Crippen molar-refractivity contribution in [2.45, 2.75) is 13.8 Å². The van der Waals surface area contributed by atoms with Crippen LogP contribution in [-0.4, -0.2) is 0 Å². The summed E-state index contributed by atoms with van der Waals surface area (Å²) in [5, 5.41) is 0. The molecule has 40 heavy (non-hydrogen) atoms. The normalized spacial score (nSPS) is 10.9. The summed E-state index contributed by atoms with van der Waals surface area (Å²) < 4.78 is 0. The van der Waals surface area contributed by atoms with Crippen LogP contribution >= 0.6 is 0 Å². The summed E-state index contributed by atoms with van der Waals surface area (Å²) in [5.41, 5.74) is 8.13. The Labute approximate surface area is 239 Å². The molecule has 0 bridgehead atoms. The second-order valence-corrected chi connectivity index (χ2v) is 9.18. The van der Waals surface area contributed by atoms with Crippen molar-refractivity contribution < 1.29 is 0 Å². The molecule has 198 valence electrons. The van der Waals surface area contributed by atoms with Crippen molar-refractivity contribution in [1.82, 2.24) is 0 Å². The predicted molar refractivity (Wildman–Crippen MR) is 174 cm³/mol. The molecule has 5 aromatic carbocycles. The maximum atomic E-state index is 3.82. The fraction of sp³-hybridized carbons (Fsp3) is 0.0526. The van der Waals surface area contributed by atoms with Crippen molar-refractivity contribution in [3.63, 3.8) is 0 Å². The van der Waals surface area contributed by atoms with Gasteiger partial charge in [0.2, 0.25) is 0 Å². The molecule has 0 spiro atoms. The average molecular weight is 521 g/mol. The third kappa shape index (κ3) is 7.49. The van der Waals surface area contributed by atoms with Gasteiger partial charge in [-0.25, -0.2) is 0 Å². The molecule has 0 saturated carbocycles. The van der Waals surface area contributed by atoms with Gasteiger partial charge in [0.05, 0.1) is 0 Å². The highest BCUT2D eigenvalue weighted by Gasteiger charge is 2.12. The number of hydrogen-bond donors (Lipinski definition) is 0. The van der Waals surface area contributed by atoms with E-state index >= 15 is 0 Å². The van der Waals surface area contributed by atoms with Crippen LogP contribution in [0.2, 0.25) is 0 Å². The molecule has 0 aliphatic rings. The van der Waals surface area contributed by atoms with Crippen molar-refractivity contribution in [2.24, 2.45) is 0 Å². The number of aryl methyl sites for hydroxylation is 1. The largest absolute Gasteiger partial charge is 0.311 e. The minimum absolute atomic E-state index is 1.08. The van der Waals surface area contributed by atoms with Crippen molar-refractivity contribution in [2.75, 3.05) is 9.80 Å². The lowest BCUT2D eigenvalue weighted by Gasteiger charge is -2.26. The molecule has 0 saturated heterocycles. The number of nitrogens with zero attached hydrogens (tertiary/aromatic N) is 2. The standard InChI is InChI=1S/C19H17N.C19H19N/c1-16-12-14-19(15-13-16)20(17-8-4-2-5-9-17)18-10-6-3-7-11-18;1-3-11-17(12-4-2)20(18-13-7-5-8-14-18)19-15-9-6-10-16-19/h2-15H,1H3;3-16H,1H2,2H3/b;12-4-,17-11+. The molecule has 0 unspecified atom stereocenters. The molecule has 2 heteroatoms. The number of rotatable bonds is 8. The Morgan fingerprint density at radius 2 is 0.900 bits per heavy atom. The van der Waals surface area contributed by atoms with Crippen molar-refractivity contribution in [1.29, 1.82) is 0 Å². The van der Waals surface area contributed by atoms with Crippen LogP contribution in [0, 0.1) is 6.92 Å². The zero-order chi connectivity index (χ0) is 28.0. The molecular weight excluding hydrogens is 484 g/mol. The molecule has 0 aliphatic heterocycles. The second-order valence-electron chi connectivity index (χ2n) is 9.18. The molecule has 0 aliphatic carbocycles. The van der Waals surface area contributed by atoms with Gasteiger partial charge >= 0.3 is 0 Å². The van der Waals surface area contributed by atoms with Gasteiger partial charge in [0, 0.05) is 34.1 Å². The fourth-order valence-corrected chi connectivity index (χ4v) is 4.39. The Hall–Kier alpha value is -5.08. The van der Waals surface area contributed by atoms with E-state index in [0.29, 0.717) is 0 Å². The molecule has 0 fully saturated rings. The Morgan fingerprint density at radius 3 is 1.27 bits per heavy atom. The Morgan fingerprint density at radius 1 is 0.525 bits per heavy atom. The summed E-state index contributed by atoms with van der Waals surface area (Å²) in [7, 11) is 0. The third-order valence-electron chi connectivity index (χ3n) is 6.23. The smallest absolute Gasteiger partial charge is 0.0461 e. The van der Waals surface area contributed by atoms with Gasteiger partial charge in [-0.3, -0.25) is 0 Å². The number of hydrogen-bond acceptors (Lipinski definition) is 2. The minimum Gasteiger partial charge on any atom is -0.311 e. The van der Waals surface area contributed by atoms with E-state index in [0.717, 1.165) is 17.1 Å². The van der Waals surface area contributed by atoms with E-state index in [1.165, 1.54) is 22.6 Å². The number of allylic oxidation sites excluding steroid dienone is 4. The van der Waals surface area contributed by atoms with Crippen LogP contribution in [0.15, 0.2) is 182 Å². The Bertz CT molecular complexity index is 1410. The lowest BCUT2D eigenvalue weighted by molar-refractivity contribution is 1.21. The van der Waals surface area contributed by atoms with E-state index in [2.05, 4.69) is 126 Å². The van der Waals surface area contributed by atoms with E-state index in [4.69, 9.17) is 0 Å². The molecule has 0 heterocycles. The number of benzene rings is 5. The zero-order valence-electron chi connectivity index (χ0n) is 23.3. The zero-order valence-corrected chi connectivity index (χ0v) is 23.3. The van der Waals surface area contributed by atoms with E-state index in [9.17, 15) is 0 Å². The van der Waals surface area contributed by atoms with Crippen LogP contribution in [0.5, 0.6) is 0 Å². The predicted octanol–water partition coefficient (Wildman–Crippen LogP) is 10.9. The first-order chi connectivity index (χ1) is 19.7. The highest BCUT2D eigenvalue weighted by atomic mass is 15.1. The minimum atomic E-state index is 1.08. The maximum Gasteiger partial charge on any atom is 0.0461 e. The molecule has 2 nitrogen and oxygen atoms in total. The van der Waals surface area contributed by atoms with Gasteiger partial charge in [-0.15, -0.1) is 0 Å². The summed E-state index contributed by atoms with van der Waals surface area (Å²) in [6, 6.07) is 50.2. The quantitative estimate of drug-likeness (QED) is 0.188. The van der Waals surface area contributed by atoms with Gasteiger partial charge in [-0.2, -0.15) is 0 Å². The van der Waals surface area contributed by atoms with E-state index < -0.39 is 0 Å². The highest BCUT2D eigenvalue weighted by molar-refractivity contribution is 5.76. The van der Waals surface area contributed by atoms with Gasteiger partial charge in [0.25, 0.3) is 0 Å².